The molecule has 0 aliphatic carbocycles. The van der Waals surface area contributed by atoms with E-state index >= 15 is 0 Å². The Morgan fingerprint density at radius 2 is 2.12 bits per heavy atom. The summed E-state index contributed by atoms with van der Waals surface area (Å²) < 4.78 is 5.63. The highest BCUT2D eigenvalue weighted by Crippen LogP contribution is 2.33. The third-order valence-corrected chi connectivity index (χ3v) is 5.38. The van der Waals surface area contributed by atoms with Gasteiger partial charge in [0.15, 0.2) is 5.17 Å². The fourth-order valence-corrected chi connectivity index (χ4v) is 3.87. The van der Waals surface area contributed by atoms with Gasteiger partial charge in [-0.2, -0.15) is 4.99 Å². The van der Waals surface area contributed by atoms with Gasteiger partial charge in [-0.15, -0.1) is 0 Å². The maximum absolute atomic E-state index is 12.3. The Balaban J connectivity index is 1.70. The van der Waals surface area contributed by atoms with Crippen LogP contribution in [-0.4, -0.2) is 41.6 Å². The minimum absolute atomic E-state index is 0.0853. The van der Waals surface area contributed by atoms with E-state index in [4.69, 9.17) is 10.5 Å². The lowest BCUT2D eigenvalue weighted by Gasteiger charge is -2.31. The molecule has 1 fully saturated rings. The molecule has 1 aromatic carbocycles. The number of ether oxygens (including phenoxy) is 1. The minimum Gasteiger partial charge on any atom is -0.489 e. The van der Waals surface area contributed by atoms with Gasteiger partial charge in [-0.05, 0) is 36.7 Å². The molecule has 0 atom stereocenters. The predicted octanol–water partition coefficient (Wildman–Crippen LogP) is 2.42. The number of piperidine rings is 1. The van der Waals surface area contributed by atoms with E-state index in [0.717, 1.165) is 5.56 Å². The summed E-state index contributed by atoms with van der Waals surface area (Å²) >= 11 is 1.36. The van der Waals surface area contributed by atoms with Gasteiger partial charge in [0.2, 0.25) is 5.91 Å². The number of hydrogen-bond acceptors (Lipinski definition) is 5. The molecule has 2 aliphatic heterocycles. The first-order chi connectivity index (χ1) is 12.6. The largest absolute Gasteiger partial charge is 0.489 e. The Labute approximate surface area is 156 Å². The van der Waals surface area contributed by atoms with E-state index in [1.165, 1.54) is 11.8 Å². The topological polar surface area (TPSA) is 85.0 Å². The summed E-state index contributed by atoms with van der Waals surface area (Å²) in [6, 6.07) is 7.54. The van der Waals surface area contributed by atoms with Crippen LogP contribution in [0, 0.1) is 5.92 Å². The standard InChI is InChI=1S/C19H21N3O3S/c1-2-11-25-15-6-4-3-5-14(15)12-16-18(24)21-19(26-16)22-9-7-13(8-10-22)17(20)23/h2-6,12-13H,1,7-11H2,(H2,20,23). The lowest BCUT2D eigenvalue weighted by atomic mass is 9.97. The quantitative estimate of drug-likeness (QED) is 0.635. The van der Waals surface area contributed by atoms with Crippen LogP contribution in [0.25, 0.3) is 6.08 Å². The van der Waals surface area contributed by atoms with Crippen molar-refractivity contribution in [3.63, 3.8) is 0 Å². The first kappa shape index (κ1) is 18.3. The van der Waals surface area contributed by atoms with Gasteiger partial charge in [0, 0.05) is 24.6 Å². The molecule has 6 nitrogen and oxygen atoms in total. The monoisotopic (exact) mass is 371 g/mol. The van der Waals surface area contributed by atoms with E-state index < -0.39 is 0 Å². The summed E-state index contributed by atoms with van der Waals surface area (Å²) in [5.74, 6) is 0.112. The Morgan fingerprint density at radius 1 is 1.38 bits per heavy atom. The first-order valence-corrected chi connectivity index (χ1v) is 9.29. The Hall–Kier alpha value is -2.54. The molecule has 26 heavy (non-hydrogen) atoms. The average Bonchev–Trinajstić information content (AvgIpc) is 3.01. The highest BCUT2D eigenvalue weighted by Gasteiger charge is 2.30. The van der Waals surface area contributed by atoms with Crippen molar-refractivity contribution in [2.45, 2.75) is 12.8 Å². The zero-order chi connectivity index (χ0) is 18.5. The van der Waals surface area contributed by atoms with Crippen LogP contribution < -0.4 is 10.5 Å². The van der Waals surface area contributed by atoms with E-state index in [9.17, 15) is 9.59 Å². The second kappa shape index (κ2) is 8.23. The van der Waals surface area contributed by atoms with E-state index in [1.807, 2.05) is 29.2 Å². The summed E-state index contributed by atoms with van der Waals surface area (Å²) in [6.45, 7) is 5.41. The summed E-state index contributed by atoms with van der Waals surface area (Å²) in [6.07, 6.45) is 4.87. The number of hydrogen-bond donors (Lipinski definition) is 1. The molecule has 0 aromatic heterocycles. The van der Waals surface area contributed by atoms with E-state index in [0.29, 0.717) is 48.4 Å². The van der Waals surface area contributed by atoms with Gasteiger partial charge in [0.1, 0.15) is 12.4 Å². The van der Waals surface area contributed by atoms with Crippen molar-refractivity contribution < 1.29 is 14.3 Å². The number of carbonyl (C=O) groups excluding carboxylic acids is 2. The van der Waals surface area contributed by atoms with Crippen molar-refractivity contribution in [2.75, 3.05) is 19.7 Å². The highest BCUT2D eigenvalue weighted by molar-refractivity contribution is 8.18. The van der Waals surface area contributed by atoms with Crippen molar-refractivity contribution >= 4 is 34.8 Å². The third kappa shape index (κ3) is 4.16. The minimum atomic E-state index is -0.251. The van der Waals surface area contributed by atoms with Gasteiger partial charge in [0.05, 0.1) is 4.91 Å². The molecule has 2 heterocycles. The molecule has 0 radical (unpaired) electrons. The molecular weight excluding hydrogens is 350 g/mol. The number of nitrogens with zero attached hydrogens (tertiary/aromatic N) is 2. The number of aliphatic imine (C=N–C) groups is 1. The normalized spacial score (nSPS) is 19.5. The fraction of sp³-hybridized carbons (Fsp3) is 0.316. The number of thioether (sulfide) groups is 1. The van der Waals surface area contributed by atoms with Crippen molar-refractivity contribution in [3.8, 4) is 5.75 Å². The van der Waals surface area contributed by atoms with Crippen molar-refractivity contribution in [3.05, 3.63) is 47.4 Å². The summed E-state index contributed by atoms with van der Waals surface area (Å²) in [5, 5.41) is 0.689. The van der Waals surface area contributed by atoms with Gasteiger partial charge < -0.3 is 15.4 Å². The Kier molecular flexibility index (Phi) is 5.78. The number of primary amides is 1. The smallest absolute Gasteiger partial charge is 0.286 e. The molecule has 2 aliphatic rings. The van der Waals surface area contributed by atoms with Crippen LogP contribution >= 0.6 is 11.8 Å². The highest BCUT2D eigenvalue weighted by atomic mass is 32.2. The first-order valence-electron chi connectivity index (χ1n) is 8.48. The van der Waals surface area contributed by atoms with E-state index in [1.54, 1.807) is 12.2 Å². The third-order valence-electron chi connectivity index (χ3n) is 4.34. The summed E-state index contributed by atoms with van der Waals surface area (Å²) in [7, 11) is 0. The van der Waals surface area contributed by atoms with Crippen LogP contribution in [-0.2, 0) is 9.59 Å². The molecule has 1 aromatic rings. The summed E-state index contributed by atoms with van der Waals surface area (Å²) in [4.78, 5) is 30.4. The zero-order valence-electron chi connectivity index (χ0n) is 14.4. The molecule has 2 N–H and O–H groups in total. The van der Waals surface area contributed by atoms with Crippen molar-refractivity contribution in [2.24, 2.45) is 16.6 Å². The molecule has 0 unspecified atom stereocenters. The zero-order valence-corrected chi connectivity index (χ0v) is 15.2. The van der Waals surface area contributed by atoms with Crippen LogP contribution in [0.5, 0.6) is 5.75 Å². The van der Waals surface area contributed by atoms with Gasteiger partial charge in [0.25, 0.3) is 5.91 Å². The summed E-state index contributed by atoms with van der Waals surface area (Å²) in [5.41, 5.74) is 6.20. The molecule has 136 valence electrons. The van der Waals surface area contributed by atoms with Crippen molar-refractivity contribution in [1.29, 1.82) is 0 Å². The van der Waals surface area contributed by atoms with Gasteiger partial charge in [-0.3, -0.25) is 9.59 Å². The Morgan fingerprint density at radius 3 is 2.81 bits per heavy atom. The van der Waals surface area contributed by atoms with Crippen LogP contribution in [0.1, 0.15) is 18.4 Å². The number of amides is 2. The fourth-order valence-electron chi connectivity index (χ4n) is 2.91. The van der Waals surface area contributed by atoms with Crippen LogP contribution in [0.15, 0.2) is 46.8 Å². The molecule has 2 amide bonds. The second-order valence-electron chi connectivity index (χ2n) is 6.11. The SMILES string of the molecule is C=CCOc1ccccc1C=C1SC(N2CCC(C(N)=O)CC2)=NC1=O. The molecule has 0 spiro atoms. The van der Waals surface area contributed by atoms with Gasteiger partial charge in [-0.1, -0.05) is 30.9 Å². The molecule has 0 bridgehead atoms. The molecule has 3 rings (SSSR count). The van der Waals surface area contributed by atoms with E-state index in [2.05, 4.69) is 11.6 Å². The maximum Gasteiger partial charge on any atom is 0.286 e. The predicted molar refractivity (Wildman–Crippen MR) is 104 cm³/mol. The van der Waals surface area contributed by atoms with Crippen LogP contribution in [0.4, 0.5) is 0 Å². The second-order valence-corrected chi connectivity index (χ2v) is 7.12. The lowest BCUT2D eigenvalue weighted by molar-refractivity contribution is -0.123. The van der Waals surface area contributed by atoms with Gasteiger partial charge in [-0.25, -0.2) is 0 Å². The molecular formula is C19H21N3O3S. The maximum atomic E-state index is 12.3. The molecule has 0 saturated carbocycles. The number of rotatable bonds is 5. The number of benzene rings is 1. The van der Waals surface area contributed by atoms with Gasteiger partial charge >= 0.3 is 0 Å². The number of carbonyl (C=O) groups is 2. The number of para-hydroxylation sites is 1. The van der Waals surface area contributed by atoms with E-state index in [-0.39, 0.29) is 17.7 Å². The lowest BCUT2D eigenvalue weighted by Crippen LogP contribution is -2.40. The van der Waals surface area contributed by atoms with Crippen molar-refractivity contribution in [1.82, 2.24) is 4.90 Å². The van der Waals surface area contributed by atoms with Crippen LogP contribution in [0.2, 0.25) is 0 Å². The number of amidine groups is 1. The number of nitrogens with two attached hydrogens (primary N) is 1. The molecule has 7 heteroatoms. The number of likely N-dealkylation sites (tertiary alicyclic amines) is 1. The average molecular weight is 371 g/mol. The Bertz CT molecular complexity index is 780. The molecule has 1 saturated heterocycles. The van der Waals surface area contributed by atoms with Crippen LogP contribution in [0.3, 0.4) is 0 Å².